The van der Waals surface area contributed by atoms with Crippen molar-refractivity contribution in [2.24, 2.45) is 0 Å². The van der Waals surface area contributed by atoms with E-state index < -0.39 is 0 Å². The summed E-state index contributed by atoms with van der Waals surface area (Å²) < 4.78 is 0. The van der Waals surface area contributed by atoms with Gasteiger partial charge < -0.3 is 9.80 Å². The molecule has 0 spiro atoms. The molecule has 3 aliphatic rings. The Bertz CT molecular complexity index is 588. The maximum atomic E-state index is 11.9. The largest absolute Gasteiger partial charge is 0.351 e. The molecule has 0 radical (unpaired) electrons. The van der Waals surface area contributed by atoms with Gasteiger partial charge in [-0.05, 0) is 44.9 Å². The molecule has 0 N–H and O–H groups in total. The fourth-order valence-corrected chi connectivity index (χ4v) is 4.63. The molecule has 2 aliphatic heterocycles. The van der Waals surface area contributed by atoms with Gasteiger partial charge in [0.25, 0.3) is 0 Å². The molecule has 4 rings (SSSR count). The first-order valence-electron chi connectivity index (χ1n) is 8.62. The molecular weight excluding hydrogens is 276 g/mol. The third-order valence-electron chi connectivity index (χ3n) is 5.57. The van der Waals surface area contributed by atoms with E-state index in [9.17, 15) is 4.79 Å². The molecule has 3 heterocycles. The molecule has 0 bridgehead atoms. The zero-order chi connectivity index (χ0) is 15.1. The molecule has 2 saturated heterocycles. The number of hydrogen-bond donors (Lipinski definition) is 0. The van der Waals surface area contributed by atoms with Gasteiger partial charge in [0.1, 0.15) is 12.1 Å². The normalized spacial score (nSPS) is 27.5. The average molecular weight is 300 g/mol. The van der Waals surface area contributed by atoms with Crippen LogP contribution in [0.4, 0.5) is 5.82 Å². The van der Waals surface area contributed by atoms with Crippen molar-refractivity contribution in [3.05, 3.63) is 17.6 Å². The van der Waals surface area contributed by atoms with Crippen molar-refractivity contribution in [1.82, 2.24) is 14.9 Å². The first-order chi connectivity index (χ1) is 10.8. The smallest absolute Gasteiger partial charge is 0.219 e. The third-order valence-corrected chi connectivity index (χ3v) is 5.57. The lowest BCUT2D eigenvalue weighted by Gasteiger charge is -2.35. The Kier molecular flexibility index (Phi) is 3.51. The highest BCUT2D eigenvalue weighted by Gasteiger charge is 2.40. The quantitative estimate of drug-likeness (QED) is 0.837. The second-order valence-electron chi connectivity index (χ2n) is 6.80. The van der Waals surface area contributed by atoms with Crippen molar-refractivity contribution < 1.29 is 4.79 Å². The second kappa shape index (κ2) is 5.52. The van der Waals surface area contributed by atoms with Gasteiger partial charge >= 0.3 is 0 Å². The Labute approximate surface area is 131 Å². The van der Waals surface area contributed by atoms with Gasteiger partial charge in [0.05, 0.1) is 12.1 Å². The summed E-state index contributed by atoms with van der Waals surface area (Å²) in [6.45, 7) is 3.70. The van der Waals surface area contributed by atoms with Crippen LogP contribution < -0.4 is 4.90 Å². The fourth-order valence-electron chi connectivity index (χ4n) is 4.63. The van der Waals surface area contributed by atoms with Crippen LogP contribution in [0.15, 0.2) is 6.33 Å². The Balaban J connectivity index is 1.65. The van der Waals surface area contributed by atoms with Crippen LogP contribution in [-0.2, 0) is 17.6 Å². The number of fused-ring (bicyclic) bond motifs is 1. The minimum atomic E-state index is 0.224. The molecule has 0 saturated carbocycles. The summed E-state index contributed by atoms with van der Waals surface area (Å²) in [5.41, 5.74) is 2.60. The van der Waals surface area contributed by atoms with Gasteiger partial charge in [-0.1, -0.05) is 0 Å². The Morgan fingerprint density at radius 3 is 2.77 bits per heavy atom. The maximum Gasteiger partial charge on any atom is 0.219 e. The minimum Gasteiger partial charge on any atom is -0.351 e. The van der Waals surface area contributed by atoms with E-state index in [1.165, 1.54) is 30.5 Å². The van der Waals surface area contributed by atoms with Gasteiger partial charge in [0.15, 0.2) is 0 Å². The molecule has 118 valence electrons. The molecule has 5 nitrogen and oxygen atoms in total. The van der Waals surface area contributed by atoms with Gasteiger partial charge in [-0.3, -0.25) is 4.79 Å². The average Bonchev–Trinajstić information content (AvgIpc) is 3.25. The van der Waals surface area contributed by atoms with E-state index in [0.29, 0.717) is 12.1 Å². The SMILES string of the molecule is CC(=O)N1CCC[C@@H]1[C@H]1CCCN1c1ncnc2c1CCC2. The van der Waals surface area contributed by atoms with Crippen LogP contribution in [-0.4, -0.2) is 45.9 Å². The van der Waals surface area contributed by atoms with Gasteiger partial charge in [0.2, 0.25) is 5.91 Å². The number of carbonyl (C=O) groups is 1. The predicted molar refractivity (Wildman–Crippen MR) is 84.8 cm³/mol. The van der Waals surface area contributed by atoms with Gasteiger partial charge in [-0.15, -0.1) is 0 Å². The summed E-state index contributed by atoms with van der Waals surface area (Å²) in [5.74, 6) is 1.38. The summed E-state index contributed by atoms with van der Waals surface area (Å²) in [6.07, 6.45) is 9.76. The number of aryl methyl sites for hydroxylation is 1. The first-order valence-corrected chi connectivity index (χ1v) is 8.62. The zero-order valence-electron chi connectivity index (χ0n) is 13.3. The highest BCUT2D eigenvalue weighted by molar-refractivity contribution is 5.74. The number of hydrogen-bond acceptors (Lipinski definition) is 4. The summed E-state index contributed by atoms with van der Waals surface area (Å²) in [6, 6.07) is 0.804. The van der Waals surface area contributed by atoms with Crippen molar-refractivity contribution in [2.75, 3.05) is 18.0 Å². The molecule has 22 heavy (non-hydrogen) atoms. The van der Waals surface area contributed by atoms with Gasteiger partial charge in [-0.25, -0.2) is 9.97 Å². The summed E-state index contributed by atoms with van der Waals surface area (Å²) in [4.78, 5) is 25.6. The molecule has 0 unspecified atom stereocenters. The predicted octanol–water partition coefficient (Wildman–Crippen LogP) is 1.95. The maximum absolute atomic E-state index is 11.9. The monoisotopic (exact) mass is 300 g/mol. The molecule has 0 aromatic carbocycles. The molecule has 2 fully saturated rings. The van der Waals surface area contributed by atoms with Crippen LogP contribution in [0.3, 0.4) is 0 Å². The van der Waals surface area contributed by atoms with Crippen LogP contribution in [0, 0.1) is 0 Å². The topological polar surface area (TPSA) is 49.3 Å². The number of carbonyl (C=O) groups excluding carboxylic acids is 1. The van der Waals surface area contributed by atoms with Crippen molar-refractivity contribution in [2.45, 2.75) is 64.0 Å². The van der Waals surface area contributed by atoms with Crippen molar-refractivity contribution in [3.63, 3.8) is 0 Å². The van der Waals surface area contributed by atoms with E-state index in [-0.39, 0.29) is 5.91 Å². The lowest BCUT2D eigenvalue weighted by atomic mass is 10.0. The van der Waals surface area contributed by atoms with E-state index in [0.717, 1.165) is 44.6 Å². The Morgan fingerprint density at radius 2 is 1.91 bits per heavy atom. The lowest BCUT2D eigenvalue weighted by Crippen LogP contribution is -2.48. The Hall–Kier alpha value is -1.65. The van der Waals surface area contributed by atoms with Gasteiger partial charge in [0, 0.05) is 31.3 Å². The van der Waals surface area contributed by atoms with Crippen LogP contribution >= 0.6 is 0 Å². The highest BCUT2D eigenvalue weighted by atomic mass is 16.2. The fraction of sp³-hybridized carbons (Fsp3) is 0.706. The van der Waals surface area contributed by atoms with E-state index >= 15 is 0 Å². The summed E-state index contributed by atoms with van der Waals surface area (Å²) >= 11 is 0. The third kappa shape index (κ3) is 2.18. The van der Waals surface area contributed by atoms with Crippen molar-refractivity contribution in [3.8, 4) is 0 Å². The molecule has 1 amide bonds. The standard InChI is InChI=1S/C17H24N4O/c1-12(22)20-9-3-7-15(20)16-8-4-10-21(16)17-13-5-2-6-14(13)18-11-19-17/h11,15-16H,2-10H2,1H3/t15-,16-/m1/s1. The molecule has 1 aromatic rings. The number of anilines is 1. The van der Waals surface area contributed by atoms with Crippen molar-refractivity contribution in [1.29, 1.82) is 0 Å². The van der Waals surface area contributed by atoms with Crippen LogP contribution in [0.2, 0.25) is 0 Å². The van der Waals surface area contributed by atoms with E-state index in [1.807, 2.05) is 0 Å². The van der Waals surface area contributed by atoms with E-state index in [1.54, 1.807) is 13.3 Å². The molecule has 5 heteroatoms. The number of likely N-dealkylation sites (tertiary alicyclic amines) is 1. The number of aromatic nitrogens is 2. The first kappa shape index (κ1) is 14.0. The number of rotatable bonds is 2. The number of nitrogens with zero attached hydrogens (tertiary/aromatic N) is 4. The zero-order valence-corrected chi connectivity index (χ0v) is 13.3. The molecule has 2 atom stereocenters. The summed E-state index contributed by atoms with van der Waals surface area (Å²) in [7, 11) is 0. The van der Waals surface area contributed by atoms with Crippen LogP contribution in [0.1, 0.15) is 50.3 Å². The second-order valence-corrected chi connectivity index (χ2v) is 6.80. The lowest BCUT2D eigenvalue weighted by molar-refractivity contribution is -0.129. The molecule has 1 aromatic heterocycles. The molecule has 1 aliphatic carbocycles. The van der Waals surface area contributed by atoms with Gasteiger partial charge in [-0.2, -0.15) is 0 Å². The van der Waals surface area contributed by atoms with E-state index in [2.05, 4.69) is 19.8 Å². The van der Waals surface area contributed by atoms with Crippen molar-refractivity contribution >= 4 is 11.7 Å². The Morgan fingerprint density at radius 1 is 1.09 bits per heavy atom. The van der Waals surface area contributed by atoms with Crippen LogP contribution in [0.5, 0.6) is 0 Å². The minimum absolute atomic E-state index is 0.224. The molecular formula is C17H24N4O. The van der Waals surface area contributed by atoms with E-state index in [4.69, 9.17) is 0 Å². The highest BCUT2D eigenvalue weighted by Crippen LogP contribution is 2.36. The number of amides is 1. The van der Waals surface area contributed by atoms with Crippen LogP contribution in [0.25, 0.3) is 0 Å². The summed E-state index contributed by atoms with van der Waals surface area (Å²) in [5, 5.41) is 0.